The Morgan fingerprint density at radius 3 is 2.50 bits per heavy atom. The van der Waals surface area contributed by atoms with Crippen molar-refractivity contribution >= 4 is 15.9 Å². The molecule has 0 unspecified atom stereocenters. The highest BCUT2D eigenvalue weighted by Crippen LogP contribution is 2.09. The maximum atomic E-state index is 8.56. The van der Waals surface area contributed by atoms with E-state index in [1.54, 1.807) is 0 Å². The summed E-state index contributed by atoms with van der Waals surface area (Å²) in [7, 11) is 0. The molecule has 1 aromatic rings. The van der Waals surface area contributed by atoms with Gasteiger partial charge in [0.2, 0.25) is 0 Å². The van der Waals surface area contributed by atoms with E-state index in [2.05, 4.69) is 27.8 Å². The van der Waals surface area contributed by atoms with Crippen LogP contribution in [0.15, 0.2) is 28.7 Å². The standard InChI is InChI=1S/C12H13BrO/c13-12-8-6-11(7-9-12)5-3-1-2-4-10-14/h6-9,14H,1-2,4,10H2. The lowest BCUT2D eigenvalue weighted by molar-refractivity contribution is 0.285. The van der Waals surface area contributed by atoms with E-state index in [0.29, 0.717) is 0 Å². The van der Waals surface area contributed by atoms with Crippen LogP contribution in [0.3, 0.4) is 0 Å². The SMILES string of the molecule is OCCCCC#Cc1ccc(Br)cc1. The molecule has 14 heavy (non-hydrogen) atoms. The number of unbranched alkanes of at least 4 members (excludes halogenated alkanes) is 2. The Balaban J connectivity index is 2.39. The highest BCUT2D eigenvalue weighted by atomic mass is 79.9. The zero-order valence-corrected chi connectivity index (χ0v) is 9.55. The quantitative estimate of drug-likeness (QED) is 0.648. The van der Waals surface area contributed by atoms with E-state index in [9.17, 15) is 0 Å². The lowest BCUT2D eigenvalue weighted by Gasteiger charge is -1.91. The van der Waals surface area contributed by atoms with Gasteiger partial charge in [-0.2, -0.15) is 0 Å². The van der Waals surface area contributed by atoms with Gasteiger partial charge < -0.3 is 5.11 Å². The number of aliphatic hydroxyl groups is 1. The first-order chi connectivity index (χ1) is 6.83. The number of aliphatic hydroxyl groups excluding tert-OH is 1. The van der Waals surface area contributed by atoms with Crippen LogP contribution in [0.4, 0.5) is 0 Å². The van der Waals surface area contributed by atoms with Crippen molar-refractivity contribution in [2.45, 2.75) is 19.3 Å². The van der Waals surface area contributed by atoms with Gasteiger partial charge in [0.1, 0.15) is 0 Å². The second-order valence-electron chi connectivity index (χ2n) is 2.99. The van der Waals surface area contributed by atoms with E-state index in [-0.39, 0.29) is 6.61 Å². The summed E-state index contributed by atoms with van der Waals surface area (Å²) in [4.78, 5) is 0. The fraction of sp³-hybridized carbons (Fsp3) is 0.333. The molecule has 0 saturated heterocycles. The minimum atomic E-state index is 0.264. The van der Waals surface area contributed by atoms with E-state index in [4.69, 9.17) is 5.11 Å². The predicted octanol–water partition coefficient (Wildman–Crippen LogP) is 2.96. The number of halogens is 1. The molecule has 0 bridgehead atoms. The normalized spacial score (nSPS) is 9.29. The molecule has 0 amide bonds. The minimum absolute atomic E-state index is 0.264. The van der Waals surface area contributed by atoms with Crippen LogP contribution in [0.25, 0.3) is 0 Å². The minimum Gasteiger partial charge on any atom is -0.396 e. The van der Waals surface area contributed by atoms with Crippen molar-refractivity contribution in [2.75, 3.05) is 6.61 Å². The van der Waals surface area contributed by atoms with Gasteiger partial charge in [-0.25, -0.2) is 0 Å². The highest BCUT2D eigenvalue weighted by molar-refractivity contribution is 9.10. The Hall–Kier alpha value is -0.780. The van der Waals surface area contributed by atoms with E-state index in [1.807, 2.05) is 24.3 Å². The van der Waals surface area contributed by atoms with Gasteiger partial charge in [0.15, 0.2) is 0 Å². The molecule has 1 aromatic carbocycles. The molecule has 0 spiro atoms. The zero-order chi connectivity index (χ0) is 10.2. The first-order valence-electron chi connectivity index (χ1n) is 4.68. The molecule has 0 heterocycles. The van der Waals surface area contributed by atoms with Crippen LogP contribution < -0.4 is 0 Å². The molecule has 0 aliphatic heterocycles. The number of rotatable bonds is 3. The fourth-order valence-corrected chi connectivity index (χ4v) is 1.29. The van der Waals surface area contributed by atoms with Crippen molar-refractivity contribution in [2.24, 2.45) is 0 Å². The largest absolute Gasteiger partial charge is 0.396 e. The summed E-state index contributed by atoms with van der Waals surface area (Å²) in [5, 5.41) is 8.56. The van der Waals surface area contributed by atoms with E-state index < -0.39 is 0 Å². The first-order valence-corrected chi connectivity index (χ1v) is 5.47. The van der Waals surface area contributed by atoms with Gasteiger partial charge in [-0.1, -0.05) is 27.8 Å². The third-order valence-electron chi connectivity index (χ3n) is 1.79. The number of benzene rings is 1. The smallest absolute Gasteiger partial charge is 0.0431 e. The molecule has 0 fully saturated rings. The van der Waals surface area contributed by atoms with Crippen molar-refractivity contribution in [3.8, 4) is 11.8 Å². The molecule has 0 aliphatic rings. The van der Waals surface area contributed by atoms with Crippen molar-refractivity contribution in [1.29, 1.82) is 0 Å². The summed E-state index contributed by atoms with van der Waals surface area (Å²) in [6, 6.07) is 7.95. The van der Waals surface area contributed by atoms with Crippen LogP contribution in [0.5, 0.6) is 0 Å². The zero-order valence-electron chi connectivity index (χ0n) is 7.96. The Labute approximate surface area is 93.3 Å². The van der Waals surface area contributed by atoms with Crippen molar-refractivity contribution in [3.63, 3.8) is 0 Å². The van der Waals surface area contributed by atoms with Gasteiger partial charge in [-0.05, 0) is 37.1 Å². The van der Waals surface area contributed by atoms with Gasteiger partial charge in [-0.3, -0.25) is 0 Å². The van der Waals surface area contributed by atoms with Crippen molar-refractivity contribution in [1.82, 2.24) is 0 Å². The lowest BCUT2D eigenvalue weighted by Crippen LogP contribution is -1.80. The van der Waals surface area contributed by atoms with Gasteiger partial charge in [-0.15, -0.1) is 0 Å². The lowest BCUT2D eigenvalue weighted by atomic mass is 10.2. The third kappa shape index (κ3) is 4.45. The van der Waals surface area contributed by atoms with E-state index in [0.717, 1.165) is 29.3 Å². The van der Waals surface area contributed by atoms with Gasteiger partial charge in [0.05, 0.1) is 0 Å². The topological polar surface area (TPSA) is 20.2 Å². The molecule has 0 atom stereocenters. The van der Waals surface area contributed by atoms with E-state index >= 15 is 0 Å². The molecule has 0 aliphatic carbocycles. The fourth-order valence-electron chi connectivity index (χ4n) is 1.02. The second-order valence-corrected chi connectivity index (χ2v) is 3.91. The summed E-state index contributed by atoms with van der Waals surface area (Å²) in [5.74, 6) is 6.16. The van der Waals surface area contributed by atoms with Gasteiger partial charge >= 0.3 is 0 Å². The van der Waals surface area contributed by atoms with Gasteiger partial charge in [0, 0.05) is 23.1 Å². The van der Waals surface area contributed by atoms with Crippen LogP contribution in [0.2, 0.25) is 0 Å². The van der Waals surface area contributed by atoms with E-state index in [1.165, 1.54) is 0 Å². The van der Waals surface area contributed by atoms with Crippen LogP contribution in [0.1, 0.15) is 24.8 Å². The first kappa shape index (κ1) is 11.3. The van der Waals surface area contributed by atoms with Crippen LogP contribution in [0, 0.1) is 11.8 Å². The average molecular weight is 253 g/mol. The molecule has 0 radical (unpaired) electrons. The Morgan fingerprint density at radius 2 is 1.86 bits per heavy atom. The summed E-state index contributed by atoms with van der Waals surface area (Å²) < 4.78 is 1.07. The van der Waals surface area contributed by atoms with Crippen molar-refractivity contribution in [3.05, 3.63) is 34.3 Å². The maximum Gasteiger partial charge on any atom is 0.0431 e. The van der Waals surface area contributed by atoms with Gasteiger partial charge in [0.25, 0.3) is 0 Å². The molecule has 1 nitrogen and oxygen atoms in total. The van der Waals surface area contributed by atoms with Crippen molar-refractivity contribution < 1.29 is 5.11 Å². The summed E-state index contributed by atoms with van der Waals surface area (Å²) >= 11 is 3.37. The Morgan fingerprint density at radius 1 is 1.14 bits per heavy atom. The second kappa shape index (κ2) is 6.64. The molecule has 2 heteroatoms. The molecule has 0 aromatic heterocycles. The Bertz CT molecular complexity index is 318. The molecule has 1 N–H and O–H groups in total. The molecule has 1 rings (SSSR count). The predicted molar refractivity (Wildman–Crippen MR) is 62.0 cm³/mol. The number of hydrogen-bond acceptors (Lipinski definition) is 1. The molecular formula is C12H13BrO. The third-order valence-corrected chi connectivity index (χ3v) is 2.32. The highest BCUT2D eigenvalue weighted by Gasteiger charge is 1.86. The molecule has 0 saturated carbocycles. The maximum absolute atomic E-state index is 8.56. The van der Waals surface area contributed by atoms with Crippen LogP contribution >= 0.6 is 15.9 Å². The summed E-state index contributed by atoms with van der Waals surface area (Å²) in [6.07, 6.45) is 2.67. The molecular weight excluding hydrogens is 240 g/mol. The molecule has 74 valence electrons. The summed E-state index contributed by atoms with van der Waals surface area (Å²) in [5.41, 5.74) is 1.04. The van der Waals surface area contributed by atoms with Crippen LogP contribution in [-0.4, -0.2) is 11.7 Å². The summed E-state index contributed by atoms with van der Waals surface area (Å²) in [6.45, 7) is 0.264. The Kier molecular flexibility index (Phi) is 5.36. The monoisotopic (exact) mass is 252 g/mol. The number of hydrogen-bond donors (Lipinski definition) is 1. The average Bonchev–Trinajstić information content (AvgIpc) is 2.21. The van der Waals surface area contributed by atoms with Crippen LogP contribution in [-0.2, 0) is 0 Å².